The van der Waals surface area contributed by atoms with Gasteiger partial charge in [0.05, 0.1) is 44.1 Å². The number of likely N-dealkylation sites (N-methyl/N-ethyl adjacent to an activating group) is 1. The lowest BCUT2D eigenvalue weighted by atomic mass is 9.71. The molecular weight excluding hydrogens is 366 g/mol. The van der Waals surface area contributed by atoms with Crippen molar-refractivity contribution in [2.24, 2.45) is 0 Å². The molecule has 1 saturated heterocycles. The normalized spacial score (nSPS) is 19.5. The first-order valence-corrected chi connectivity index (χ1v) is 10.8. The Morgan fingerprint density at radius 3 is 2.38 bits per heavy atom. The van der Waals surface area contributed by atoms with Crippen LogP contribution in [0.4, 0.5) is 11.4 Å². The van der Waals surface area contributed by atoms with Crippen molar-refractivity contribution in [2.75, 3.05) is 31.6 Å². The van der Waals surface area contributed by atoms with Crippen LogP contribution < -0.4 is 5.32 Å². The summed E-state index contributed by atoms with van der Waals surface area (Å²) in [5.74, 6) is -0.492. The summed E-state index contributed by atoms with van der Waals surface area (Å²) < 4.78 is 6.04. The van der Waals surface area contributed by atoms with Crippen LogP contribution in [0, 0.1) is 13.5 Å². The van der Waals surface area contributed by atoms with Crippen LogP contribution in [0.25, 0.3) is 4.85 Å². The van der Waals surface area contributed by atoms with Gasteiger partial charge < -0.3 is 14.5 Å². The number of carbonyl (C=O) groups excluding carboxylic acids is 2. The third-order valence-electron chi connectivity index (χ3n) is 6.97. The van der Waals surface area contributed by atoms with Crippen molar-refractivity contribution in [1.82, 2.24) is 0 Å². The Kier molecular flexibility index (Phi) is 6.28. The number of ether oxygens (including phenoxy) is 1. The summed E-state index contributed by atoms with van der Waals surface area (Å²) in [6.07, 6.45) is 6.41. The zero-order valence-electron chi connectivity index (χ0n) is 17.8. The zero-order chi connectivity index (χ0) is 21.1. The van der Waals surface area contributed by atoms with Crippen LogP contribution >= 0.6 is 0 Å². The number of amides is 1. The molecule has 3 rings (SSSR count). The van der Waals surface area contributed by atoms with Gasteiger partial charge in [-0.1, -0.05) is 6.07 Å². The second-order valence-corrected chi connectivity index (χ2v) is 8.33. The Morgan fingerprint density at radius 1 is 1.17 bits per heavy atom. The zero-order valence-corrected chi connectivity index (χ0v) is 17.8. The highest BCUT2D eigenvalue weighted by Crippen LogP contribution is 2.46. The van der Waals surface area contributed by atoms with Crippen LogP contribution in [0.5, 0.6) is 0 Å². The first-order valence-electron chi connectivity index (χ1n) is 10.8. The predicted molar refractivity (Wildman–Crippen MR) is 113 cm³/mol. The molecule has 1 saturated carbocycles. The molecule has 0 unspecified atom stereocenters. The van der Waals surface area contributed by atoms with E-state index >= 15 is 0 Å². The first kappa shape index (κ1) is 21.3. The molecule has 1 N–H and O–H groups in total. The molecule has 1 heterocycles. The summed E-state index contributed by atoms with van der Waals surface area (Å²) in [6, 6.07) is 3.23. The number of rotatable bonds is 6. The van der Waals surface area contributed by atoms with Crippen molar-refractivity contribution in [3.8, 4) is 0 Å². The molecule has 2 aliphatic rings. The highest BCUT2D eigenvalue weighted by molar-refractivity contribution is 6.05. The average molecular weight is 399 g/mol. The SMILES string of the molecule is [C-]#[N+]c1cc(C)c(NC(=O)C2([N+]3(CC)CCCCC3)CCC2)c(C(=O)OCC)c1. The number of hydrogen-bond acceptors (Lipinski definition) is 3. The highest BCUT2D eigenvalue weighted by Gasteiger charge is 2.59. The maximum atomic E-state index is 13.7. The smallest absolute Gasteiger partial charge is 0.338 e. The fraction of sp³-hybridized carbons (Fsp3) is 0.609. The number of carbonyl (C=O) groups is 2. The topological polar surface area (TPSA) is 59.8 Å². The van der Waals surface area contributed by atoms with Gasteiger partial charge in [-0.05, 0) is 58.1 Å². The third kappa shape index (κ3) is 3.64. The largest absolute Gasteiger partial charge is 0.462 e. The van der Waals surface area contributed by atoms with Crippen molar-refractivity contribution >= 4 is 23.3 Å². The van der Waals surface area contributed by atoms with E-state index in [1.165, 1.54) is 12.5 Å². The van der Waals surface area contributed by atoms with Gasteiger partial charge in [-0.3, -0.25) is 4.79 Å². The van der Waals surface area contributed by atoms with Crippen molar-refractivity contribution in [2.45, 2.75) is 64.8 Å². The van der Waals surface area contributed by atoms with Crippen LogP contribution in [-0.2, 0) is 9.53 Å². The molecule has 0 atom stereocenters. The second kappa shape index (κ2) is 8.54. The van der Waals surface area contributed by atoms with Crippen LogP contribution in [0.2, 0.25) is 0 Å². The van der Waals surface area contributed by atoms with E-state index in [0.29, 0.717) is 16.9 Å². The summed E-state index contributed by atoms with van der Waals surface area (Å²) in [6.45, 7) is 16.3. The Labute approximate surface area is 173 Å². The van der Waals surface area contributed by atoms with E-state index in [2.05, 4.69) is 17.1 Å². The maximum absolute atomic E-state index is 13.7. The summed E-state index contributed by atoms with van der Waals surface area (Å²) in [5.41, 5.74) is 1.42. The van der Waals surface area contributed by atoms with E-state index in [4.69, 9.17) is 11.3 Å². The number of piperidine rings is 1. The Morgan fingerprint density at radius 2 is 1.86 bits per heavy atom. The molecule has 0 bridgehead atoms. The number of hydrogen-bond donors (Lipinski definition) is 1. The van der Waals surface area contributed by atoms with Gasteiger partial charge >= 0.3 is 5.97 Å². The van der Waals surface area contributed by atoms with Crippen molar-refractivity contribution in [3.63, 3.8) is 0 Å². The van der Waals surface area contributed by atoms with E-state index in [-0.39, 0.29) is 18.1 Å². The molecule has 6 nitrogen and oxygen atoms in total. The third-order valence-corrected chi connectivity index (χ3v) is 6.97. The minimum Gasteiger partial charge on any atom is -0.462 e. The fourth-order valence-corrected chi connectivity index (χ4v) is 5.19. The summed E-state index contributed by atoms with van der Waals surface area (Å²) in [4.78, 5) is 29.7. The molecule has 1 aromatic carbocycles. The molecule has 1 aliphatic heterocycles. The van der Waals surface area contributed by atoms with Crippen LogP contribution in [0.1, 0.15) is 68.3 Å². The molecule has 29 heavy (non-hydrogen) atoms. The van der Waals surface area contributed by atoms with Crippen molar-refractivity contribution < 1.29 is 18.8 Å². The van der Waals surface area contributed by atoms with Crippen LogP contribution in [-0.4, -0.2) is 48.1 Å². The standard InChI is InChI=1S/C23H31N3O3/c1-5-26(13-8-7-9-14-26)23(11-10-12-23)22(28)25-20-17(3)15-18(24-4)16-19(20)21(27)29-6-2/h15-16H,5-14H2,1-3H3/p+1. The number of likely N-dealkylation sites (tertiary alicyclic amines) is 1. The predicted octanol–water partition coefficient (Wildman–Crippen LogP) is 4.60. The number of anilines is 1. The molecule has 0 spiro atoms. The molecule has 156 valence electrons. The number of quaternary nitrogens is 1. The molecule has 0 radical (unpaired) electrons. The number of aryl methyl sites for hydroxylation is 1. The van der Waals surface area contributed by atoms with Crippen LogP contribution in [0.3, 0.4) is 0 Å². The average Bonchev–Trinajstić information content (AvgIpc) is 2.69. The molecular formula is C23H32N3O3+. The summed E-state index contributed by atoms with van der Waals surface area (Å²) in [7, 11) is 0. The van der Waals surface area contributed by atoms with Crippen molar-refractivity contribution in [3.05, 3.63) is 34.7 Å². The molecule has 2 fully saturated rings. The highest BCUT2D eigenvalue weighted by atomic mass is 16.5. The first-order chi connectivity index (χ1) is 13.9. The molecule has 1 aromatic rings. The monoisotopic (exact) mass is 398 g/mol. The van der Waals surface area contributed by atoms with E-state index in [1.807, 2.05) is 6.92 Å². The van der Waals surface area contributed by atoms with Crippen molar-refractivity contribution in [1.29, 1.82) is 0 Å². The fourth-order valence-electron chi connectivity index (χ4n) is 5.19. The van der Waals surface area contributed by atoms with Gasteiger partial charge in [0.2, 0.25) is 0 Å². The number of nitrogens with one attached hydrogen (secondary N) is 1. The second-order valence-electron chi connectivity index (χ2n) is 8.33. The Bertz CT molecular complexity index is 831. The van der Waals surface area contributed by atoms with Gasteiger partial charge in [0.15, 0.2) is 11.2 Å². The van der Waals surface area contributed by atoms with Crippen LogP contribution in [0.15, 0.2) is 12.1 Å². The van der Waals surface area contributed by atoms with Gasteiger partial charge in [0.1, 0.15) is 0 Å². The number of nitrogens with zero attached hydrogens (tertiary/aromatic N) is 2. The minimum atomic E-state index is -0.503. The molecule has 6 heteroatoms. The molecule has 1 aliphatic carbocycles. The Balaban J connectivity index is 1.97. The maximum Gasteiger partial charge on any atom is 0.338 e. The summed E-state index contributed by atoms with van der Waals surface area (Å²) >= 11 is 0. The van der Waals surface area contributed by atoms with Gasteiger partial charge in [-0.15, -0.1) is 0 Å². The lowest BCUT2D eigenvalue weighted by Gasteiger charge is -2.57. The van der Waals surface area contributed by atoms with E-state index in [9.17, 15) is 9.59 Å². The molecule has 0 aromatic heterocycles. The van der Waals surface area contributed by atoms with Gasteiger partial charge in [0.25, 0.3) is 5.91 Å². The molecule has 1 amide bonds. The Hall–Kier alpha value is -2.39. The lowest BCUT2D eigenvalue weighted by Crippen LogP contribution is -2.73. The minimum absolute atomic E-state index is 0.0108. The lowest BCUT2D eigenvalue weighted by molar-refractivity contribution is -0.974. The number of benzene rings is 1. The van der Waals surface area contributed by atoms with Gasteiger partial charge in [-0.25, -0.2) is 9.64 Å². The van der Waals surface area contributed by atoms with Gasteiger partial charge in [-0.2, -0.15) is 0 Å². The van der Waals surface area contributed by atoms with Gasteiger partial charge in [0, 0.05) is 12.8 Å². The van der Waals surface area contributed by atoms with E-state index < -0.39 is 11.5 Å². The van der Waals surface area contributed by atoms with E-state index in [0.717, 1.165) is 56.2 Å². The van der Waals surface area contributed by atoms with E-state index in [1.54, 1.807) is 13.0 Å². The quantitative estimate of drug-likeness (QED) is 0.433. The summed E-state index contributed by atoms with van der Waals surface area (Å²) in [5, 5.41) is 3.11. The number of esters is 1.